The van der Waals surface area contributed by atoms with Crippen LogP contribution in [0.5, 0.6) is 0 Å². The lowest BCUT2D eigenvalue weighted by Gasteiger charge is -2.16. The summed E-state index contributed by atoms with van der Waals surface area (Å²) >= 11 is 0. The quantitative estimate of drug-likeness (QED) is 0.400. The minimum absolute atomic E-state index is 0.295. The average molecular weight is 163 g/mol. The smallest absolute Gasteiger partial charge is 0.164 e. The Kier molecular flexibility index (Phi) is 6.45. The van der Waals surface area contributed by atoms with E-state index in [0.717, 1.165) is 13.0 Å². The zero-order chi connectivity index (χ0) is 8.69. The molecule has 0 aliphatic heterocycles. The van der Waals surface area contributed by atoms with Crippen LogP contribution in [0.3, 0.4) is 0 Å². The van der Waals surface area contributed by atoms with Crippen LogP contribution in [-0.4, -0.2) is 55.3 Å². The van der Waals surface area contributed by atoms with Crippen LogP contribution in [0.2, 0.25) is 0 Å². The van der Waals surface area contributed by atoms with Gasteiger partial charge in [-0.25, -0.2) is 0 Å². The molecule has 68 valence electrons. The van der Waals surface area contributed by atoms with E-state index in [0.29, 0.717) is 13.2 Å². The number of aliphatic hydroxyl groups excluding tert-OH is 1. The molecule has 0 aromatic heterocycles. The van der Waals surface area contributed by atoms with Crippen molar-refractivity contribution in [2.24, 2.45) is 0 Å². The highest BCUT2D eigenvalue weighted by molar-refractivity contribution is 4.51. The highest BCUT2D eigenvalue weighted by Crippen LogP contribution is 1.89. The van der Waals surface area contributed by atoms with Crippen LogP contribution >= 0.6 is 0 Å². The first-order valence-corrected chi connectivity index (χ1v) is 3.70. The van der Waals surface area contributed by atoms with Gasteiger partial charge in [0.05, 0.1) is 0 Å². The molecule has 0 fully saturated rings. The molecule has 0 bridgehead atoms. The number of nitrogens with zero attached hydrogens (tertiary/aromatic N) is 1. The second-order valence-electron chi connectivity index (χ2n) is 2.59. The van der Waals surface area contributed by atoms with Gasteiger partial charge in [-0.05, 0) is 13.5 Å². The summed E-state index contributed by atoms with van der Waals surface area (Å²) in [6.45, 7) is 1.83. The fourth-order valence-electron chi connectivity index (χ4n) is 0.849. The number of aliphatic hydroxyl groups is 2. The molecule has 0 aliphatic carbocycles. The van der Waals surface area contributed by atoms with E-state index < -0.39 is 6.29 Å². The van der Waals surface area contributed by atoms with Crippen molar-refractivity contribution in [1.29, 1.82) is 0 Å². The van der Waals surface area contributed by atoms with Gasteiger partial charge < -0.3 is 19.8 Å². The standard InChI is InChI=1S/C7H17NO3/c1-8(6-7(9)10)4-3-5-11-2/h7,9-10H,3-6H2,1-2H3. The molecule has 0 aromatic carbocycles. The summed E-state index contributed by atoms with van der Waals surface area (Å²) in [5.41, 5.74) is 0. The first kappa shape index (κ1) is 10.8. The number of likely N-dealkylation sites (N-methyl/N-ethyl adjacent to an activating group) is 1. The molecule has 0 spiro atoms. The number of rotatable bonds is 6. The van der Waals surface area contributed by atoms with E-state index in [-0.39, 0.29) is 0 Å². The Bertz CT molecular complexity index is 87.8. The van der Waals surface area contributed by atoms with E-state index in [2.05, 4.69) is 0 Å². The van der Waals surface area contributed by atoms with Crippen molar-refractivity contribution in [2.45, 2.75) is 12.7 Å². The lowest BCUT2D eigenvalue weighted by Crippen LogP contribution is -2.30. The lowest BCUT2D eigenvalue weighted by molar-refractivity contribution is -0.0578. The van der Waals surface area contributed by atoms with Crippen LogP contribution in [0.4, 0.5) is 0 Å². The van der Waals surface area contributed by atoms with Crippen LogP contribution in [0.15, 0.2) is 0 Å². The molecular formula is C7H17NO3. The molecule has 0 amide bonds. The fourth-order valence-corrected chi connectivity index (χ4v) is 0.849. The molecule has 0 radical (unpaired) electrons. The molecular weight excluding hydrogens is 146 g/mol. The third-order valence-corrected chi connectivity index (χ3v) is 1.36. The Balaban J connectivity index is 3.15. The SMILES string of the molecule is COCCCN(C)CC(O)O. The number of hydrogen-bond acceptors (Lipinski definition) is 4. The number of methoxy groups -OCH3 is 1. The topological polar surface area (TPSA) is 52.9 Å². The van der Waals surface area contributed by atoms with E-state index in [1.165, 1.54) is 0 Å². The molecule has 0 saturated carbocycles. The lowest BCUT2D eigenvalue weighted by atomic mass is 10.4. The molecule has 0 unspecified atom stereocenters. The molecule has 2 N–H and O–H groups in total. The normalized spacial score (nSPS) is 11.5. The maximum Gasteiger partial charge on any atom is 0.164 e. The Morgan fingerprint density at radius 2 is 2.09 bits per heavy atom. The maximum absolute atomic E-state index is 8.56. The molecule has 0 rings (SSSR count). The van der Waals surface area contributed by atoms with Crippen molar-refractivity contribution in [3.05, 3.63) is 0 Å². The van der Waals surface area contributed by atoms with E-state index >= 15 is 0 Å². The number of ether oxygens (including phenoxy) is 1. The van der Waals surface area contributed by atoms with Crippen molar-refractivity contribution < 1.29 is 14.9 Å². The van der Waals surface area contributed by atoms with Crippen LogP contribution in [0.1, 0.15) is 6.42 Å². The Morgan fingerprint density at radius 3 is 2.55 bits per heavy atom. The molecule has 0 saturated heterocycles. The van der Waals surface area contributed by atoms with E-state index in [9.17, 15) is 0 Å². The third-order valence-electron chi connectivity index (χ3n) is 1.36. The van der Waals surface area contributed by atoms with Gasteiger partial charge in [-0.15, -0.1) is 0 Å². The molecule has 0 aliphatic rings. The zero-order valence-corrected chi connectivity index (χ0v) is 7.16. The average Bonchev–Trinajstić information content (AvgIpc) is 1.86. The zero-order valence-electron chi connectivity index (χ0n) is 7.16. The van der Waals surface area contributed by atoms with Gasteiger partial charge in [-0.2, -0.15) is 0 Å². The second-order valence-corrected chi connectivity index (χ2v) is 2.59. The van der Waals surface area contributed by atoms with Crippen molar-refractivity contribution in [1.82, 2.24) is 4.90 Å². The van der Waals surface area contributed by atoms with Gasteiger partial charge in [-0.3, -0.25) is 0 Å². The molecule has 0 atom stereocenters. The van der Waals surface area contributed by atoms with Gasteiger partial charge in [0.15, 0.2) is 6.29 Å². The summed E-state index contributed by atoms with van der Waals surface area (Å²) in [4.78, 5) is 1.85. The van der Waals surface area contributed by atoms with E-state index in [4.69, 9.17) is 14.9 Å². The summed E-state index contributed by atoms with van der Waals surface area (Å²) < 4.78 is 4.85. The Hall–Kier alpha value is -0.160. The van der Waals surface area contributed by atoms with Gasteiger partial charge in [0, 0.05) is 26.8 Å². The van der Waals surface area contributed by atoms with Gasteiger partial charge in [0.2, 0.25) is 0 Å². The molecule has 11 heavy (non-hydrogen) atoms. The molecule has 4 nitrogen and oxygen atoms in total. The van der Waals surface area contributed by atoms with E-state index in [1.54, 1.807) is 7.11 Å². The molecule has 0 heterocycles. The summed E-state index contributed by atoms with van der Waals surface area (Å²) in [7, 11) is 3.50. The van der Waals surface area contributed by atoms with Crippen LogP contribution in [-0.2, 0) is 4.74 Å². The third kappa shape index (κ3) is 7.74. The van der Waals surface area contributed by atoms with Crippen molar-refractivity contribution in [3.8, 4) is 0 Å². The molecule has 0 aromatic rings. The molecule has 4 heteroatoms. The van der Waals surface area contributed by atoms with Crippen LogP contribution < -0.4 is 0 Å². The van der Waals surface area contributed by atoms with Crippen molar-refractivity contribution >= 4 is 0 Å². The van der Waals surface area contributed by atoms with Gasteiger partial charge in [0.1, 0.15) is 0 Å². The van der Waals surface area contributed by atoms with Gasteiger partial charge in [-0.1, -0.05) is 0 Å². The van der Waals surface area contributed by atoms with Crippen LogP contribution in [0.25, 0.3) is 0 Å². The minimum Gasteiger partial charge on any atom is -0.385 e. The van der Waals surface area contributed by atoms with Crippen LogP contribution in [0, 0.1) is 0 Å². The predicted octanol–water partition coefficient (Wildman–Crippen LogP) is -0.735. The summed E-state index contributed by atoms with van der Waals surface area (Å²) in [6, 6.07) is 0. The number of hydrogen-bond donors (Lipinski definition) is 2. The van der Waals surface area contributed by atoms with E-state index in [1.807, 2.05) is 11.9 Å². The first-order valence-electron chi connectivity index (χ1n) is 3.70. The highest BCUT2D eigenvalue weighted by atomic mass is 16.5. The largest absolute Gasteiger partial charge is 0.385 e. The first-order chi connectivity index (χ1) is 5.16. The monoisotopic (exact) mass is 163 g/mol. The van der Waals surface area contributed by atoms with Gasteiger partial charge >= 0.3 is 0 Å². The second kappa shape index (κ2) is 6.54. The summed E-state index contributed by atoms with van der Waals surface area (Å²) in [5, 5.41) is 17.1. The summed E-state index contributed by atoms with van der Waals surface area (Å²) in [5.74, 6) is 0. The Morgan fingerprint density at radius 1 is 1.45 bits per heavy atom. The van der Waals surface area contributed by atoms with Crippen molar-refractivity contribution in [2.75, 3.05) is 33.9 Å². The minimum atomic E-state index is -1.23. The highest BCUT2D eigenvalue weighted by Gasteiger charge is 2.02. The summed E-state index contributed by atoms with van der Waals surface area (Å²) in [6.07, 6.45) is -0.317. The van der Waals surface area contributed by atoms with Gasteiger partial charge in [0.25, 0.3) is 0 Å². The van der Waals surface area contributed by atoms with Crippen molar-refractivity contribution in [3.63, 3.8) is 0 Å². The maximum atomic E-state index is 8.56. The Labute approximate surface area is 67.4 Å². The predicted molar refractivity (Wildman–Crippen MR) is 42.2 cm³/mol. The fraction of sp³-hybridized carbons (Fsp3) is 1.00.